The molecule has 23 heavy (non-hydrogen) atoms. The first-order chi connectivity index (χ1) is 11.1. The Bertz CT molecular complexity index is 809. The Morgan fingerprint density at radius 1 is 1.09 bits per heavy atom. The first-order valence-corrected chi connectivity index (χ1v) is 8.32. The number of nitrogens with zero attached hydrogens (tertiary/aromatic N) is 1. The fourth-order valence-electron chi connectivity index (χ4n) is 2.52. The van der Waals surface area contributed by atoms with Gasteiger partial charge >= 0.3 is 0 Å². The highest BCUT2D eigenvalue weighted by Gasteiger charge is 2.20. The number of hydrogen-bond acceptors (Lipinski definition) is 2. The molecule has 1 amide bonds. The van der Waals surface area contributed by atoms with Crippen LogP contribution >= 0.6 is 15.9 Å². The predicted molar refractivity (Wildman–Crippen MR) is 97.2 cm³/mol. The van der Waals surface area contributed by atoms with E-state index in [2.05, 4.69) is 45.3 Å². The van der Waals surface area contributed by atoms with Crippen molar-refractivity contribution in [3.8, 4) is 0 Å². The molecule has 2 aromatic carbocycles. The van der Waals surface area contributed by atoms with Crippen molar-refractivity contribution in [2.24, 2.45) is 4.99 Å². The van der Waals surface area contributed by atoms with Crippen molar-refractivity contribution in [1.82, 2.24) is 5.32 Å². The molecule has 0 saturated heterocycles. The van der Waals surface area contributed by atoms with E-state index in [0.29, 0.717) is 5.70 Å². The maximum absolute atomic E-state index is 12.1. The van der Waals surface area contributed by atoms with E-state index in [9.17, 15) is 4.79 Å². The molecule has 1 aliphatic rings. The van der Waals surface area contributed by atoms with Crippen LogP contribution in [0.1, 0.15) is 23.1 Å². The average Bonchev–Trinajstić information content (AvgIpc) is 2.89. The fraction of sp³-hybridized carbons (Fsp3) is 0.158. The number of rotatable bonds is 4. The summed E-state index contributed by atoms with van der Waals surface area (Å²) in [6, 6.07) is 16.1. The van der Waals surface area contributed by atoms with Gasteiger partial charge in [0.2, 0.25) is 0 Å². The molecule has 0 unspecified atom stereocenters. The molecule has 0 spiro atoms. The van der Waals surface area contributed by atoms with Crippen molar-refractivity contribution in [3.05, 3.63) is 75.4 Å². The number of hydrogen-bond donors (Lipinski definition) is 1. The molecule has 0 aliphatic carbocycles. The van der Waals surface area contributed by atoms with Crippen molar-refractivity contribution < 1.29 is 4.79 Å². The number of amides is 1. The summed E-state index contributed by atoms with van der Waals surface area (Å²) in [5, 5.41) is 2.86. The Hall–Kier alpha value is -2.20. The van der Waals surface area contributed by atoms with Crippen molar-refractivity contribution in [1.29, 1.82) is 0 Å². The molecular formula is C19H17BrN2O. The Kier molecular flexibility index (Phi) is 4.72. The Labute approximate surface area is 144 Å². The van der Waals surface area contributed by atoms with Crippen LogP contribution in [0.25, 0.3) is 6.08 Å². The van der Waals surface area contributed by atoms with Gasteiger partial charge in [-0.1, -0.05) is 58.4 Å². The van der Waals surface area contributed by atoms with Gasteiger partial charge in [-0.3, -0.25) is 4.79 Å². The molecular weight excluding hydrogens is 352 g/mol. The van der Waals surface area contributed by atoms with E-state index in [1.165, 1.54) is 11.1 Å². The molecule has 3 rings (SSSR count). The summed E-state index contributed by atoms with van der Waals surface area (Å²) in [4.78, 5) is 16.5. The van der Waals surface area contributed by atoms with E-state index in [-0.39, 0.29) is 5.91 Å². The normalized spacial score (nSPS) is 15.7. The zero-order chi connectivity index (χ0) is 16.2. The largest absolute Gasteiger partial charge is 0.309 e. The summed E-state index contributed by atoms with van der Waals surface area (Å²) in [7, 11) is 0. The van der Waals surface area contributed by atoms with E-state index in [0.717, 1.165) is 28.7 Å². The number of halogens is 1. The van der Waals surface area contributed by atoms with E-state index >= 15 is 0 Å². The molecule has 116 valence electrons. The third kappa shape index (κ3) is 3.77. The Morgan fingerprint density at radius 3 is 2.61 bits per heavy atom. The number of aryl methyl sites for hydroxylation is 2. The SMILES string of the molecule is Cc1ccccc1CCC1=N/C(=C\c2ccccc2Br)C(=O)N1. The average molecular weight is 369 g/mol. The second-order valence-corrected chi connectivity index (χ2v) is 6.34. The van der Waals surface area contributed by atoms with Crippen LogP contribution in [-0.4, -0.2) is 11.7 Å². The van der Waals surface area contributed by atoms with E-state index < -0.39 is 0 Å². The molecule has 3 nitrogen and oxygen atoms in total. The minimum atomic E-state index is -0.138. The molecule has 0 radical (unpaired) electrons. The fourth-order valence-corrected chi connectivity index (χ4v) is 2.92. The molecule has 0 bridgehead atoms. The number of carbonyl (C=O) groups is 1. The van der Waals surface area contributed by atoms with Crippen LogP contribution < -0.4 is 5.32 Å². The van der Waals surface area contributed by atoms with Crippen LogP contribution in [-0.2, 0) is 11.2 Å². The van der Waals surface area contributed by atoms with Gasteiger partial charge in [-0.05, 0) is 42.2 Å². The van der Waals surface area contributed by atoms with Gasteiger partial charge in [0, 0.05) is 10.9 Å². The van der Waals surface area contributed by atoms with E-state index in [4.69, 9.17) is 0 Å². The zero-order valence-electron chi connectivity index (χ0n) is 12.8. The van der Waals surface area contributed by atoms with Gasteiger partial charge in [0.05, 0.1) is 0 Å². The van der Waals surface area contributed by atoms with Gasteiger partial charge in [0.25, 0.3) is 5.91 Å². The lowest BCUT2D eigenvalue weighted by Crippen LogP contribution is -2.24. The van der Waals surface area contributed by atoms with Crippen LogP contribution in [0.3, 0.4) is 0 Å². The van der Waals surface area contributed by atoms with Crippen molar-refractivity contribution in [3.63, 3.8) is 0 Å². The zero-order valence-corrected chi connectivity index (χ0v) is 14.4. The molecule has 1 aliphatic heterocycles. The number of nitrogens with one attached hydrogen (secondary N) is 1. The standard InChI is InChI=1S/C19H17BrN2O/c1-13-6-2-3-7-14(13)10-11-18-21-17(19(23)22-18)12-15-8-4-5-9-16(15)20/h2-9,12H,10-11H2,1H3,(H,21,22,23)/b17-12-. The van der Waals surface area contributed by atoms with Crippen molar-refractivity contribution >= 4 is 33.7 Å². The summed E-state index contributed by atoms with van der Waals surface area (Å²) in [5.41, 5.74) is 3.95. The first-order valence-electron chi connectivity index (χ1n) is 7.53. The summed E-state index contributed by atoms with van der Waals surface area (Å²) in [5.74, 6) is 0.595. The lowest BCUT2D eigenvalue weighted by molar-refractivity contribution is -0.115. The molecule has 1 N–H and O–H groups in total. The number of aliphatic imine (C=N–C) groups is 1. The quantitative estimate of drug-likeness (QED) is 0.804. The lowest BCUT2D eigenvalue weighted by atomic mass is 10.0. The highest BCUT2D eigenvalue weighted by Crippen LogP contribution is 2.21. The first kappa shape index (κ1) is 15.7. The Balaban J connectivity index is 1.74. The monoisotopic (exact) mass is 368 g/mol. The summed E-state index contributed by atoms with van der Waals surface area (Å²) < 4.78 is 0.948. The van der Waals surface area contributed by atoms with Crippen LogP contribution in [0, 0.1) is 6.92 Å². The highest BCUT2D eigenvalue weighted by molar-refractivity contribution is 9.10. The van der Waals surface area contributed by atoms with Crippen molar-refractivity contribution in [2.75, 3.05) is 0 Å². The van der Waals surface area contributed by atoms with Crippen molar-refractivity contribution in [2.45, 2.75) is 19.8 Å². The maximum Gasteiger partial charge on any atom is 0.275 e. The molecule has 1 heterocycles. The van der Waals surface area contributed by atoms with Crippen LogP contribution in [0.4, 0.5) is 0 Å². The topological polar surface area (TPSA) is 41.5 Å². The third-order valence-electron chi connectivity index (χ3n) is 3.84. The molecule has 4 heteroatoms. The molecule has 0 aromatic heterocycles. The number of carbonyl (C=O) groups excluding carboxylic acids is 1. The summed E-state index contributed by atoms with van der Waals surface area (Å²) in [6.45, 7) is 2.10. The second kappa shape index (κ2) is 6.92. The predicted octanol–water partition coefficient (Wildman–Crippen LogP) is 4.26. The Morgan fingerprint density at radius 2 is 1.83 bits per heavy atom. The minimum absolute atomic E-state index is 0.138. The third-order valence-corrected chi connectivity index (χ3v) is 4.56. The second-order valence-electron chi connectivity index (χ2n) is 5.49. The number of benzene rings is 2. The highest BCUT2D eigenvalue weighted by atomic mass is 79.9. The van der Waals surface area contributed by atoms with Gasteiger partial charge in [-0.15, -0.1) is 0 Å². The molecule has 0 atom stereocenters. The van der Waals surface area contributed by atoms with Gasteiger partial charge < -0.3 is 5.32 Å². The number of amidine groups is 1. The van der Waals surface area contributed by atoms with E-state index in [1.54, 1.807) is 6.08 Å². The van der Waals surface area contributed by atoms with Gasteiger partial charge in [0.15, 0.2) is 0 Å². The van der Waals surface area contributed by atoms with Gasteiger partial charge in [0.1, 0.15) is 11.5 Å². The smallest absolute Gasteiger partial charge is 0.275 e. The summed E-state index contributed by atoms with van der Waals surface area (Å²) >= 11 is 3.48. The molecule has 0 fully saturated rings. The van der Waals surface area contributed by atoms with Crippen LogP contribution in [0.2, 0.25) is 0 Å². The molecule has 2 aromatic rings. The summed E-state index contributed by atoms with van der Waals surface area (Å²) in [6.07, 6.45) is 3.40. The van der Waals surface area contributed by atoms with Gasteiger partial charge in [-0.25, -0.2) is 4.99 Å². The van der Waals surface area contributed by atoms with E-state index in [1.807, 2.05) is 36.4 Å². The van der Waals surface area contributed by atoms with Gasteiger partial charge in [-0.2, -0.15) is 0 Å². The molecule has 0 saturated carbocycles. The van der Waals surface area contributed by atoms with Crippen LogP contribution in [0.15, 0.2) is 63.7 Å². The minimum Gasteiger partial charge on any atom is -0.309 e. The maximum atomic E-state index is 12.1. The van der Waals surface area contributed by atoms with Crippen LogP contribution in [0.5, 0.6) is 0 Å². The lowest BCUT2D eigenvalue weighted by Gasteiger charge is -2.04.